The normalized spacial score (nSPS) is 24.7. The fourth-order valence-electron chi connectivity index (χ4n) is 2.27. The van der Waals surface area contributed by atoms with Gasteiger partial charge in [-0.05, 0) is 26.3 Å². The van der Waals surface area contributed by atoms with Gasteiger partial charge in [-0.3, -0.25) is 9.69 Å². The van der Waals surface area contributed by atoms with Gasteiger partial charge < -0.3 is 4.90 Å². The Labute approximate surface area is 93.4 Å². The number of nitrogens with zero attached hydrogens (tertiary/aromatic N) is 2. The molecule has 88 valence electrons. The Hall–Kier alpha value is -0.410. The van der Waals surface area contributed by atoms with E-state index in [0.717, 1.165) is 25.6 Å². The lowest BCUT2D eigenvalue weighted by Crippen LogP contribution is -2.52. The summed E-state index contributed by atoms with van der Waals surface area (Å²) in [5.74, 6) is 1.01. The van der Waals surface area contributed by atoms with E-state index in [9.17, 15) is 4.79 Å². The number of carbonyl (C=O) groups is 1. The number of piperazine rings is 1. The van der Waals surface area contributed by atoms with Crippen molar-refractivity contribution in [2.24, 2.45) is 5.92 Å². The molecule has 15 heavy (non-hydrogen) atoms. The minimum Gasteiger partial charge on any atom is -0.301 e. The van der Waals surface area contributed by atoms with Crippen LogP contribution in [-0.4, -0.2) is 54.9 Å². The second-order valence-corrected chi connectivity index (χ2v) is 5.20. The summed E-state index contributed by atoms with van der Waals surface area (Å²) in [5.41, 5.74) is 0. The third-order valence-corrected chi connectivity index (χ3v) is 3.05. The molecule has 0 spiro atoms. The highest BCUT2D eigenvalue weighted by Crippen LogP contribution is 2.15. The largest absolute Gasteiger partial charge is 0.301 e. The predicted octanol–water partition coefficient (Wildman–Crippen LogP) is 1.24. The van der Waals surface area contributed by atoms with Crippen LogP contribution in [0, 0.1) is 5.92 Å². The van der Waals surface area contributed by atoms with Crippen LogP contribution in [0.4, 0.5) is 0 Å². The summed E-state index contributed by atoms with van der Waals surface area (Å²) in [5, 5.41) is 0. The topological polar surface area (TPSA) is 23.6 Å². The number of rotatable bonds is 4. The Morgan fingerprint density at radius 2 is 2.07 bits per heavy atom. The number of carbonyl (C=O) groups excluding carboxylic acids is 1. The zero-order valence-corrected chi connectivity index (χ0v) is 10.5. The van der Waals surface area contributed by atoms with Gasteiger partial charge in [0.05, 0.1) is 6.54 Å². The molecule has 3 heteroatoms. The molecule has 0 bridgehead atoms. The lowest BCUT2D eigenvalue weighted by atomic mass is 10.0. The monoisotopic (exact) mass is 212 g/mol. The maximum absolute atomic E-state index is 11.1. The van der Waals surface area contributed by atoms with Crippen molar-refractivity contribution in [1.82, 2.24) is 9.80 Å². The van der Waals surface area contributed by atoms with Gasteiger partial charge in [-0.2, -0.15) is 0 Å². The first-order valence-electron chi connectivity index (χ1n) is 5.91. The van der Waals surface area contributed by atoms with Crippen molar-refractivity contribution in [2.75, 3.05) is 33.2 Å². The van der Waals surface area contributed by atoms with Crippen LogP contribution in [0.2, 0.25) is 0 Å². The molecule has 1 aliphatic heterocycles. The molecule has 1 atom stereocenters. The van der Waals surface area contributed by atoms with Crippen molar-refractivity contribution in [2.45, 2.75) is 33.2 Å². The molecular formula is C12H24N2O. The van der Waals surface area contributed by atoms with E-state index in [4.69, 9.17) is 0 Å². The van der Waals surface area contributed by atoms with E-state index in [1.165, 1.54) is 6.42 Å². The van der Waals surface area contributed by atoms with Crippen LogP contribution in [-0.2, 0) is 4.79 Å². The molecule has 1 aliphatic rings. The van der Waals surface area contributed by atoms with Gasteiger partial charge in [-0.25, -0.2) is 0 Å². The van der Waals surface area contributed by atoms with Crippen molar-refractivity contribution in [3.63, 3.8) is 0 Å². The van der Waals surface area contributed by atoms with Crippen LogP contribution < -0.4 is 0 Å². The molecule has 0 aliphatic carbocycles. The molecule has 1 saturated heterocycles. The molecule has 0 aromatic carbocycles. The van der Waals surface area contributed by atoms with Gasteiger partial charge in [-0.15, -0.1) is 0 Å². The lowest BCUT2D eigenvalue weighted by Gasteiger charge is -2.39. The van der Waals surface area contributed by atoms with E-state index < -0.39 is 0 Å². The SMILES string of the molecule is CC(=O)CN1CCN(C)C(CC(C)C)C1. The highest BCUT2D eigenvalue weighted by atomic mass is 16.1. The van der Waals surface area contributed by atoms with Crippen molar-refractivity contribution in [1.29, 1.82) is 0 Å². The number of hydrogen-bond donors (Lipinski definition) is 0. The maximum Gasteiger partial charge on any atom is 0.143 e. The minimum atomic E-state index is 0.280. The quantitative estimate of drug-likeness (QED) is 0.700. The highest BCUT2D eigenvalue weighted by Gasteiger charge is 2.25. The van der Waals surface area contributed by atoms with Crippen LogP contribution in [0.25, 0.3) is 0 Å². The number of hydrogen-bond acceptors (Lipinski definition) is 3. The Kier molecular flexibility index (Phi) is 4.74. The van der Waals surface area contributed by atoms with Gasteiger partial charge in [0, 0.05) is 25.7 Å². The zero-order valence-electron chi connectivity index (χ0n) is 10.5. The van der Waals surface area contributed by atoms with Crippen LogP contribution in [0.1, 0.15) is 27.2 Å². The molecule has 1 unspecified atom stereocenters. The minimum absolute atomic E-state index is 0.280. The second-order valence-electron chi connectivity index (χ2n) is 5.20. The third kappa shape index (κ3) is 4.31. The van der Waals surface area contributed by atoms with E-state index in [1.54, 1.807) is 6.92 Å². The number of Topliss-reactive ketones (excluding diaryl/α,β-unsaturated/α-hetero) is 1. The molecule has 0 radical (unpaired) electrons. The average Bonchev–Trinajstić information content (AvgIpc) is 2.09. The first-order chi connectivity index (χ1) is 6.99. The average molecular weight is 212 g/mol. The van der Waals surface area contributed by atoms with E-state index in [0.29, 0.717) is 12.6 Å². The zero-order chi connectivity index (χ0) is 11.4. The smallest absolute Gasteiger partial charge is 0.143 e. The van der Waals surface area contributed by atoms with E-state index >= 15 is 0 Å². The van der Waals surface area contributed by atoms with Crippen LogP contribution in [0.15, 0.2) is 0 Å². The summed E-state index contributed by atoms with van der Waals surface area (Å²) in [6, 6.07) is 0.623. The van der Waals surface area contributed by atoms with Gasteiger partial charge >= 0.3 is 0 Å². The molecule has 0 N–H and O–H groups in total. The Bertz CT molecular complexity index is 216. The lowest BCUT2D eigenvalue weighted by molar-refractivity contribution is -0.118. The van der Waals surface area contributed by atoms with Gasteiger partial charge in [0.15, 0.2) is 0 Å². The third-order valence-electron chi connectivity index (χ3n) is 3.05. The van der Waals surface area contributed by atoms with Crippen LogP contribution >= 0.6 is 0 Å². The molecule has 1 fully saturated rings. The molecule has 0 aromatic rings. The van der Waals surface area contributed by atoms with Gasteiger partial charge in [0.25, 0.3) is 0 Å². The maximum atomic E-state index is 11.1. The molecule has 0 saturated carbocycles. The van der Waals surface area contributed by atoms with Crippen molar-refractivity contribution in [3.8, 4) is 0 Å². The van der Waals surface area contributed by atoms with Crippen molar-refractivity contribution < 1.29 is 4.79 Å². The van der Waals surface area contributed by atoms with E-state index in [2.05, 4.69) is 30.7 Å². The Morgan fingerprint density at radius 1 is 1.40 bits per heavy atom. The van der Waals surface area contributed by atoms with Gasteiger partial charge in [-0.1, -0.05) is 13.8 Å². The summed E-state index contributed by atoms with van der Waals surface area (Å²) in [4.78, 5) is 15.8. The highest BCUT2D eigenvalue weighted by molar-refractivity contribution is 5.77. The van der Waals surface area contributed by atoms with E-state index in [-0.39, 0.29) is 5.78 Å². The van der Waals surface area contributed by atoms with Gasteiger partial charge in [0.2, 0.25) is 0 Å². The molecule has 0 aromatic heterocycles. The van der Waals surface area contributed by atoms with Crippen LogP contribution in [0.3, 0.4) is 0 Å². The van der Waals surface area contributed by atoms with Crippen LogP contribution in [0.5, 0.6) is 0 Å². The Balaban J connectivity index is 2.44. The fourth-order valence-corrected chi connectivity index (χ4v) is 2.27. The standard InChI is InChI=1S/C12H24N2O/c1-10(2)7-12-9-14(8-11(3)15)6-5-13(12)4/h10,12H,5-9H2,1-4H3. The summed E-state index contributed by atoms with van der Waals surface area (Å²) in [6.07, 6.45) is 1.23. The second kappa shape index (κ2) is 5.61. The summed E-state index contributed by atoms with van der Waals surface area (Å²) in [6.45, 7) is 10.00. The molecule has 1 rings (SSSR count). The number of ketones is 1. The molecular weight excluding hydrogens is 188 g/mol. The fraction of sp³-hybridized carbons (Fsp3) is 0.917. The van der Waals surface area contributed by atoms with Crippen molar-refractivity contribution in [3.05, 3.63) is 0 Å². The molecule has 3 nitrogen and oxygen atoms in total. The summed E-state index contributed by atoms with van der Waals surface area (Å²) >= 11 is 0. The first-order valence-corrected chi connectivity index (χ1v) is 5.91. The first kappa shape index (κ1) is 12.7. The van der Waals surface area contributed by atoms with Gasteiger partial charge in [0.1, 0.15) is 5.78 Å². The predicted molar refractivity (Wildman–Crippen MR) is 63.0 cm³/mol. The summed E-state index contributed by atoms with van der Waals surface area (Å²) < 4.78 is 0. The molecule has 1 heterocycles. The number of likely N-dealkylation sites (N-methyl/N-ethyl adjacent to an activating group) is 1. The summed E-state index contributed by atoms with van der Waals surface area (Å²) in [7, 11) is 2.19. The molecule has 0 amide bonds. The van der Waals surface area contributed by atoms with E-state index in [1.807, 2.05) is 0 Å². The van der Waals surface area contributed by atoms with Crippen molar-refractivity contribution >= 4 is 5.78 Å². The Morgan fingerprint density at radius 3 is 2.60 bits per heavy atom.